The van der Waals surface area contributed by atoms with Crippen LogP contribution in [0.3, 0.4) is 0 Å². The second kappa shape index (κ2) is 7.56. The molecule has 0 aromatic heterocycles. The van der Waals surface area contributed by atoms with Gasteiger partial charge in [-0.1, -0.05) is 30.3 Å². The molecular weight excluding hydrogens is 344 g/mol. The Morgan fingerprint density at radius 2 is 2.05 bits per heavy atom. The molecule has 0 radical (unpaired) electrons. The van der Waals surface area contributed by atoms with Gasteiger partial charge in [-0.3, -0.25) is 4.79 Å². The summed E-state index contributed by atoms with van der Waals surface area (Å²) in [5.74, 6) is -0.188. The highest BCUT2D eigenvalue weighted by Gasteiger charge is 2.08. The molecule has 0 heterocycles. The topological polar surface area (TPSA) is 61.7 Å². The highest BCUT2D eigenvalue weighted by atomic mass is 79.9. The lowest BCUT2D eigenvalue weighted by atomic mass is 10.1. The number of para-hydroxylation sites is 1. The van der Waals surface area contributed by atoms with Crippen LogP contribution in [0.2, 0.25) is 0 Å². The van der Waals surface area contributed by atoms with E-state index >= 15 is 0 Å². The molecule has 0 bridgehead atoms. The number of phenolic OH excluding ortho intramolecular Hbond substituents is 1. The van der Waals surface area contributed by atoms with Crippen molar-refractivity contribution in [3.63, 3.8) is 0 Å². The quantitative estimate of drug-likeness (QED) is 0.486. The predicted octanol–water partition coefficient (Wildman–Crippen LogP) is 3.65. The number of amides is 1. The van der Waals surface area contributed by atoms with Crippen molar-refractivity contribution in [2.24, 2.45) is 5.10 Å². The number of allylic oxidation sites excluding steroid dienone is 1. The van der Waals surface area contributed by atoms with E-state index in [4.69, 9.17) is 0 Å². The minimum Gasteiger partial charge on any atom is -0.507 e. The molecule has 0 unspecified atom stereocenters. The van der Waals surface area contributed by atoms with Gasteiger partial charge in [-0.25, -0.2) is 5.43 Å². The summed E-state index contributed by atoms with van der Waals surface area (Å²) >= 11 is 3.31. The standard InChI is InChI=1S/C17H15BrN2O2/c1-2-6-12-7-5-8-13(16(12)21)11-19-20-17(22)14-9-3-4-10-15(14)18/h2-5,7-11,21H,1,6H2,(H,20,22)/b19-11+. The maximum atomic E-state index is 12.0. The van der Waals surface area contributed by atoms with Gasteiger partial charge in [0.25, 0.3) is 5.91 Å². The molecule has 2 aromatic rings. The predicted molar refractivity (Wildman–Crippen MR) is 91.2 cm³/mol. The SMILES string of the molecule is C=CCc1cccc(/C=N/NC(=O)c2ccccc2Br)c1O. The van der Waals surface area contributed by atoms with Gasteiger partial charge in [0.1, 0.15) is 5.75 Å². The van der Waals surface area contributed by atoms with Gasteiger partial charge in [-0.15, -0.1) is 6.58 Å². The minimum atomic E-state index is -0.328. The molecule has 0 atom stereocenters. The van der Waals surface area contributed by atoms with Crippen molar-refractivity contribution in [3.8, 4) is 5.75 Å². The third-order valence-electron chi connectivity index (χ3n) is 3.00. The smallest absolute Gasteiger partial charge is 0.272 e. The van der Waals surface area contributed by atoms with Crippen LogP contribution in [-0.2, 0) is 6.42 Å². The molecule has 0 aliphatic rings. The number of aromatic hydroxyl groups is 1. The van der Waals surface area contributed by atoms with Gasteiger partial charge >= 0.3 is 0 Å². The van der Waals surface area contributed by atoms with Crippen molar-refractivity contribution in [1.29, 1.82) is 0 Å². The summed E-state index contributed by atoms with van der Waals surface area (Å²) in [6, 6.07) is 12.4. The number of hydrogen-bond acceptors (Lipinski definition) is 3. The summed E-state index contributed by atoms with van der Waals surface area (Å²) in [7, 11) is 0. The summed E-state index contributed by atoms with van der Waals surface area (Å²) in [4.78, 5) is 12.0. The molecule has 2 rings (SSSR count). The van der Waals surface area contributed by atoms with Crippen LogP contribution in [0, 0.1) is 0 Å². The first-order chi connectivity index (χ1) is 10.6. The molecule has 0 saturated carbocycles. The molecule has 2 aromatic carbocycles. The van der Waals surface area contributed by atoms with Crippen molar-refractivity contribution >= 4 is 28.1 Å². The Kier molecular flexibility index (Phi) is 5.49. The Morgan fingerprint density at radius 1 is 1.27 bits per heavy atom. The Labute approximate surface area is 137 Å². The summed E-state index contributed by atoms with van der Waals surface area (Å²) in [5, 5.41) is 14.0. The molecule has 0 aliphatic carbocycles. The monoisotopic (exact) mass is 358 g/mol. The third kappa shape index (κ3) is 3.83. The van der Waals surface area contributed by atoms with Crippen molar-refractivity contribution < 1.29 is 9.90 Å². The van der Waals surface area contributed by atoms with E-state index in [1.54, 1.807) is 30.3 Å². The van der Waals surface area contributed by atoms with Gasteiger partial charge in [0, 0.05) is 10.0 Å². The van der Waals surface area contributed by atoms with Crippen LogP contribution in [0.4, 0.5) is 0 Å². The first kappa shape index (κ1) is 16.0. The number of hydrogen-bond donors (Lipinski definition) is 2. The fourth-order valence-corrected chi connectivity index (χ4v) is 2.37. The zero-order valence-electron chi connectivity index (χ0n) is 11.8. The Bertz CT molecular complexity index is 726. The van der Waals surface area contributed by atoms with Crippen molar-refractivity contribution in [1.82, 2.24) is 5.43 Å². The van der Waals surface area contributed by atoms with Gasteiger partial charge in [-0.2, -0.15) is 5.10 Å². The van der Waals surface area contributed by atoms with Crippen LogP contribution in [0.5, 0.6) is 5.75 Å². The van der Waals surface area contributed by atoms with Crippen LogP contribution in [0.25, 0.3) is 0 Å². The summed E-state index contributed by atoms with van der Waals surface area (Å²) in [5.41, 5.74) is 4.22. The number of nitrogens with one attached hydrogen (secondary N) is 1. The number of benzene rings is 2. The molecular formula is C17H15BrN2O2. The number of carbonyl (C=O) groups excluding carboxylic acids is 1. The molecule has 0 spiro atoms. The zero-order valence-corrected chi connectivity index (χ0v) is 13.4. The van der Waals surface area contributed by atoms with E-state index in [0.717, 1.165) is 5.56 Å². The van der Waals surface area contributed by atoms with Crippen LogP contribution < -0.4 is 5.43 Å². The maximum absolute atomic E-state index is 12.0. The summed E-state index contributed by atoms with van der Waals surface area (Å²) < 4.78 is 0.693. The van der Waals surface area contributed by atoms with E-state index in [0.29, 0.717) is 22.0 Å². The van der Waals surface area contributed by atoms with Gasteiger partial charge < -0.3 is 5.11 Å². The molecule has 0 saturated heterocycles. The average Bonchev–Trinajstić information content (AvgIpc) is 2.51. The number of halogens is 1. The molecule has 22 heavy (non-hydrogen) atoms. The second-order valence-electron chi connectivity index (χ2n) is 4.53. The van der Waals surface area contributed by atoms with Gasteiger partial charge in [0.15, 0.2) is 0 Å². The summed E-state index contributed by atoms with van der Waals surface area (Å²) in [6.07, 6.45) is 3.69. The van der Waals surface area contributed by atoms with E-state index < -0.39 is 0 Å². The molecule has 1 amide bonds. The lowest BCUT2D eigenvalue weighted by molar-refractivity contribution is 0.0954. The van der Waals surface area contributed by atoms with Crippen molar-refractivity contribution in [2.45, 2.75) is 6.42 Å². The van der Waals surface area contributed by atoms with E-state index in [-0.39, 0.29) is 11.7 Å². The van der Waals surface area contributed by atoms with E-state index in [1.807, 2.05) is 18.2 Å². The van der Waals surface area contributed by atoms with Crippen molar-refractivity contribution in [3.05, 3.63) is 76.3 Å². The number of phenols is 1. The number of nitrogens with zero attached hydrogens (tertiary/aromatic N) is 1. The fourth-order valence-electron chi connectivity index (χ4n) is 1.90. The van der Waals surface area contributed by atoms with Crippen LogP contribution in [0.1, 0.15) is 21.5 Å². The highest BCUT2D eigenvalue weighted by molar-refractivity contribution is 9.10. The minimum absolute atomic E-state index is 0.140. The molecule has 5 heteroatoms. The van der Waals surface area contributed by atoms with E-state index in [9.17, 15) is 9.90 Å². The largest absolute Gasteiger partial charge is 0.507 e. The van der Waals surface area contributed by atoms with Gasteiger partial charge in [-0.05, 0) is 46.1 Å². The third-order valence-corrected chi connectivity index (χ3v) is 3.69. The van der Waals surface area contributed by atoms with Crippen LogP contribution >= 0.6 is 15.9 Å². The molecule has 0 aliphatic heterocycles. The van der Waals surface area contributed by atoms with E-state index in [2.05, 4.69) is 33.0 Å². The average molecular weight is 359 g/mol. The van der Waals surface area contributed by atoms with E-state index in [1.165, 1.54) is 6.21 Å². The lowest BCUT2D eigenvalue weighted by Gasteiger charge is -2.05. The van der Waals surface area contributed by atoms with Crippen LogP contribution in [-0.4, -0.2) is 17.2 Å². The normalized spacial score (nSPS) is 10.6. The van der Waals surface area contributed by atoms with Crippen LogP contribution in [0.15, 0.2) is 64.7 Å². The molecule has 4 nitrogen and oxygen atoms in total. The second-order valence-corrected chi connectivity index (χ2v) is 5.38. The Hall–Kier alpha value is -2.40. The van der Waals surface area contributed by atoms with Gasteiger partial charge in [0.05, 0.1) is 11.8 Å². The number of hydrazone groups is 1. The number of rotatable bonds is 5. The fraction of sp³-hybridized carbons (Fsp3) is 0.0588. The Morgan fingerprint density at radius 3 is 2.77 bits per heavy atom. The summed E-state index contributed by atoms with van der Waals surface area (Å²) in [6.45, 7) is 3.65. The van der Waals surface area contributed by atoms with Crippen molar-refractivity contribution in [2.75, 3.05) is 0 Å². The lowest BCUT2D eigenvalue weighted by Crippen LogP contribution is -2.18. The first-order valence-electron chi connectivity index (χ1n) is 6.63. The maximum Gasteiger partial charge on any atom is 0.272 e. The zero-order chi connectivity index (χ0) is 15.9. The first-order valence-corrected chi connectivity index (χ1v) is 7.42. The Balaban J connectivity index is 2.10. The molecule has 2 N–H and O–H groups in total. The molecule has 0 fully saturated rings. The van der Waals surface area contributed by atoms with Gasteiger partial charge in [0.2, 0.25) is 0 Å². The number of carbonyl (C=O) groups is 1. The molecule has 112 valence electrons. The highest BCUT2D eigenvalue weighted by Crippen LogP contribution is 2.21.